The summed E-state index contributed by atoms with van der Waals surface area (Å²) >= 11 is 0. The van der Waals surface area contributed by atoms with Crippen LogP contribution in [0.2, 0.25) is 0 Å². The molecule has 2 aromatic heterocycles. The van der Waals surface area contributed by atoms with Gasteiger partial charge in [-0.3, -0.25) is 9.88 Å². The second-order valence-electron chi connectivity index (χ2n) is 8.78. The summed E-state index contributed by atoms with van der Waals surface area (Å²) in [4.78, 5) is 14.3. The van der Waals surface area contributed by atoms with Crippen molar-refractivity contribution in [2.24, 2.45) is 7.05 Å². The van der Waals surface area contributed by atoms with Crippen LogP contribution < -0.4 is 4.90 Å². The van der Waals surface area contributed by atoms with E-state index in [1.807, 2.05) is 17.8 Å². The van der Waals surface area contributed by atoms with Gasteiger partial charge in [0.05, 0.1) is 35.1 Å². The zero-order valence-corrected chi connectivity index (χ0v) is 18.8. The summed E-state index contributed by atoms with van der Waals surface area (Å²) in [6.45, 7) is 8.70. The van der Waals surface area contributed by atoms with Gasteiger partial charge in [-0.05, 0) is 56.3 Å². The predicted octanol–water partition coefficient (Wildman–Crippen LogP) is 4.97. The van der Waals surface area contributed by atoms with Gasteiger partial charge in [-0.2, -0.15) is 0 Å². The van der Waals surface area contributed by atoms with Crippen LogP contribution in [0.15, 0.2) is 61.1 Å². The first-order valence-corrected chi connectivity index (χ1v) is 11.2. The predicted molar refractivity (Wildman–Crippen MR) is 128 cm³/mol. The third-order valence-electron chi connectivity index (χ3n) is 6.40. The van der Waals surface area contributed by atoms with Crippen molar-refractivity contribution < 1.29 is 4.39 Å². The maximum Gasteiger partial charge on any atom is 0.123 e. The van der Waals surface area contributed by atoms with Gasteiger partial charge in [-0.25, -0.2) is 9.37 Å². The molecule has 6 heteroatoms. The molecule has 3 heterocycles. The van der Waals surface area contributed by atoms with Crippen LogP contribution in [0, 0.1) is 5.82 Å². The molecule has 0 amide bonds. The normalized spacial score (nSPS) is 15.1. The van der Waals surface area contributed by atoms with Gasteiger partial charge in [0.2, 0.25) is 0 Å². The highest BCUT2D eigenvalue weighted by atomic mass is 19.1. The molecule has 1 fully saturated rings. The van der Waals surface area contributed by atoms with Crippen molar-refractivity contribution in [3.63, 3.8) is 0 Å². The molecular formula is C26H28FN5. The minimum atomic E-state index is -0.246. The molecule has 0 atom stereocenters. The lowest BCUT2D eigenvalue weighted by atomic mass is 10.0. The Morgan fingerprint density at radius 3 is 2.31 bits per heavy atom. The van der Waals surface area contributed by atoms with E-state index in [9.17, 15) is 4.39 Å². The van der Waals surface area contributed by atoms with Gasteiger partial charge in [0, 0.05) is 55.8 Å². The topological polar surface area (TPSA) is 37.2 Å². The average Bonchev–Trinajstić information content (AvgIpc) is 3.20. The molecule has 0 unspecified atom stereocenters. The fourth-order valence-corrected chi connectivity index (χ4v) is 4.53. The Morgan fingerprint density at radius 2 is 1.59 bits per heavy atom. The molecule has 0 aliphatic carbocycles. The van der Waals surface area contributed by atoms with Crippen molar-refractivity contribution in [3.8, 4) is 22.5 Å². The standard InChI is InChI=1S/C26H28FN5/c1-18(2)31-10-12-32(13-11-31)23-15-21-14-20(6-9-24(21)28-16-23)26-25(29-17-30(26)3)19-4-7-22(27)8-5-19/h4-9,14-18H,10-13H2,1-3H3. The largest absolute Gasteiger partial charge is 0.368 e. The second kappa shape index (κ2) is 8.36. The summed E-state index contributed by atoms with van der Waals surface area (Å²) in [7, 11) is 1.99. The second-order valence-corrected chi connectivity index (χ2v) is 8.78. The number of fused-ring (bicyclic) bond motifs is 1. The first kappa shape index (κ1) is 20.6. The Kier molecular flexibility index (Phi) is 5.39. The number of aryl methyl sites for hydroxylation is 1. The van der Waals surface area contributed by atoms with E-state index in [4.69, 9.17) is 4.98 Å². The molecular weight excluding hydrogens is 401 g/mol. The number of hydrogen-bond acceptors (Lipinski definition) is 4. The number of imidazole rings is 1. The zero-order valence-electron chi connectivity index (χ0n) is 18.8. The molecule has 5 rings (SSSR count). The number of rotatable bonds is 4. The number of nitrogens with zero attached hydrogens (tertiary/aromatic N) is 5. The van der Waals surface area contributed by atoms with Crippen LogP contribution in [0.1, 0.15) is 13.8 Å². The lowest BCUT2D eigenvalue weighted by molar-refractivity contribution is 0.209. The molecule has 4 aromatic rings. The van der Waals surface area contributed by atoms with Crippen LogP contribution >= 0.6 is 0 Å². The fourth-order valence-electron chi connectivity index (χ4n) is 4.53. The number of anilines is 1. The molecule has 0 N–H and O–H groups in total. The van der Waals surface area contributed by atoms with E-state index >= 15 is 0 Å². The van der Waals surface area contributed by atoms with Crippen molar-refractivity contribution in [1.82, 2.24) is 19.4 Å². The first-order chi connectivity index (χ1) is 15.5. The number of pyridine rings is 1. The third kappa shape index (κ3) is 3.86. The minimum absolute atomic E-state index is 0.246. The Bertz CT molecular complexity index is 1240. The highest BCUT2D eigenvalue weighted by molar-refractivity contribution is 5.89. The van der Waals surface area contributed by atoms with Crippen molar-refractivity contribution in [1.29, 1.82) is 0 Å². The molecule has 0 saturated carbocycles. The Hall–Kier alpha value is -3.25. The Labute approximate surface area is 188 Å². The highest BCUT2D eigenvalue weighted by Gasteiger charge is 2.20. The maximum atomic E-state index is 13.4. The molecule has 2 aromatic carbocycles. The van der Waals surface area contributed by atoms with E-state index in [0.717, 1.165) is 59.6 Å². The van der Waals surface area contributed by atoms with Gasteiger partial charge in [0.25, 0.3) is 0 Å². The first-order valence-electron chi connectivity index (χ1n) is 11.2. The minimum Gasteiger partial charge on any atom is -0.368 e. The van der Waals surface area contributed by atoms with Crippen molar-refractivity contribution >= 4 is 16.6 Å². The molecule has 0 spiro atoms. The van der Waals surface area contributed by atoms with Crippen molar-refractivity contribution in [2.45, 2.75) is 19.9 Å². The zero-order chi connectivity index (χ0) is 22.2. The van der Waals surface area contributed by atoms with Crippen LogP contribution in [0.4, 0.5) is 10.1 Å². The highest BCUT2D eigenvalue weighted by Crippen LogP contribution is 2.33. The summed E-state index contributed by atoms with van der Waals surface area (Å²) in [5, 5.41) is 1.11. The molecule has 0 bridgehead atoms. The molecule has 1 aliphatic rings. The molecule has 32 heavy (non-hydrogen) atoms. The summed E-state index contributed by atoms with van der Waals surface area (Å²) in [6, 6.07) is 15.7. The van der Waals surface area contributed by atoms with E-state index in [2.05, 4.69) is 52.9 Å². The van der Waals surface area contributed by atoms with Crippen molar-refractivity contribution in [2.75, 3.05) is 31.1 Å². The summed E-state index contributed by atoms with van der Waals surface area (Å²) in [6.07, 6.45) is 3.79. The number of halogens is 1. The van der Waals surface area contributed by atoms with Crippen LogP contribution in [0.5, 0.6) is 0 Å². The Balaban J connectivity index is 1.49. The summed E-state index contributed by atoms with van der Waals surface area (Å²) < 4.78 is 15.4. The van der Waals surface area contributed by atoms with Crippen LogP contribution in [-0.2, 0) is 7.05 Å². The van der Waals surface area contributed by atoms with Crippen LogP contribution in [0.3, 0.4) is 0 Å². The maximum absolute atomic E-state index is 13.4. The third-order valence-corrected chi connectivity index (χ3v) is 6.40. The molecule has 0 radical (unpaired) electrons. The number of aromatic nitrogens is 3. The quantitative estimate of drug-likeness (QED) is 0.459. The summed E-state index contributed by atoms with van der Waals surface area (Å²) in [5.41, 5.74) is 5.97. The van der Waals surface area contributed by atoms with E-state index in [1.54, 1.807) is 18.5 Å². The number of benzene rings is 2. The van der Waals surface area contributed by atoms with E-state index in [0.29, 0.717) is 6.04 Å². The van der Waals surface area contributed by atoms with E-state index in [-0.39, 0.29) is 5.82 Å². The van der Waals surface area contributed by atoms with Crippen LogP contribution in [0.25, 0.3) is 33.4 Å². The SMILES string of the molecule is CC(C)N1CCN(c2cnc3ccc(-c4c(-c5ccc(F)cc5)ncn4C)cc3c2)CC1. The van der Waals surface area contributed by atoms with E-state index in [1.165, 1.54) is 17.8 Å². The van der Waals surface area contributed by atoms with Gasteiger partial charge < -0.3 is 9.47 Å². The van der Waals surface area contributed by atoms with Gasteiger partial charge in [0.15, 0.2) is 0 Å². The lowest BCUT2D eigenvalue weighted by Crippen LogP contribution is -2.48. The summed E-state index contributed by atoms with van der Waals surface area (Å²) in [5.74, 6) is -0.246. The molecule has 164 valence electrons. The van der Waals surface area contributed by atoms with Gasteiger partial charge in [0.1, 0.15) is 5.82 Å². The van der Waals surface area contributed by atoms with Crippen molar-refractivity contribution in [3.05, 3.63) is 66.9 Å². The monoisotopic (exact) mass is 429 g/mol. The fraction of sp³-hybridized carbons (Fsp3) is 0.308. The van der Waals surface area contributed by atoms with Gasteiger partial charge >= 0.3 is 0 Å². The number of piperazine rings is 1. The smallest absolute Gasteiger partial charge is 0.123 e. The van der Waals surface area contributed by atoms with E-state index < -0.39 is 0 Å². The Morgan fingerprint density at radius 1 is 0.875 bits per heavy atom. The van der Waals surface area contributed by atoms with Gasteiger partial charge in [-0.1, -0.05) is 6.07 Å². The molecule has 1 aliphatic heterocycles. The molecule has 1 saturated heterocycles. The van der Waals surface area contributed by atoms with Gasteiger partial charge in [-0.15, -0.1) is 0 Å². The lowest BCUT2D eigenvalue weighted by Gasteiger charge is -2.38. The number of hydrogen-bond donors (Lipinski definition) is 0. The van der Waals surface area contributed by atoms with Crippen LogP contribution in [-0.4, -0.2) is 51.7 Å². The molecule has 5 nitrogen and oxygen atoms in total. The average molecular weight is 430 g/mol.